The number of likely N-dealkylation sites (tertiary alicyclic amines) is 1. The van der Waals surface area contributed by atoms with E-state index in [1.807, 2.05) is 24.3 Å². The largest absolute Gasteiger partial charge is 0.370 e. The Morgan fingerprint density at radius 3 is 2.83 bits per heavy atom. The Kier molecular flexibility index (Phi) is 7.37. The van der Waals surface area contributed by atoms with Gasteiger partial charge in [-0.2, -0.15) is 0 Å². The summed E-state index contributed by atoms with van der Waals surface area (Å²) in [6, 6.07) is 7.89. The highest BCUT2D eigenvalue weighted by Gasteiger charge is 2.23. The lowest BCUT2D eigenvalue weighted by atomic mass is 9.95. The molecule has 1 fully saturated rings. The molecule has 1 atom stereocenters. The molecule has 1 amide bonds. The van der Waals surface area contributed by atoms with Crippen LogP contribution in [-0.4, -0.2) is 42.9 Å². The molecule has 132 valence electrons. The second-order valence-corrected chi connectivity index (χ2v) is 6.67. The zero-order chi connectivity index (χ0) is 17.4. The molecule has 2 rings (SSSR count). The fourth-order valence-corrected chi connectivity index (χ4v) is 3.20. The number of primary amides is 1. The zero-order valence-corrected chi connectivity index (χ0v) is 15.1. The normalized spacial score (nSPS) is 18.5. The van der Waals surface area contributed by atoms with Gasteiger partial charge < -0.3 is 16.0 Å². The van der Waals surface area contributed by atoms with Gasteiger partial charge >= 0.3 is 0 Å². The number of hydrogen-bond donors (Lipinski definition) is 2. The lowest BCUT2D eigenvalue weighted by Crippen LogP contribution is -2.47. The van der Waals surface area contributed by atoms with E-state index in [4.69, 9.17) is 22.3 Å². The van der Waals surface area contributed by atoms with E-state index in [2.05, 4.69) is 17.1 Å². The average molecular weight is 351 g/mol. The van der Waals surface area contributed by atoms with Crippen molar-refractivity contribution in [3.8, 4) is 0 Å². The van der Waals surface area contributed by atoms with E-state index in [9.17, 15) is 4.79 Å². The molecular weight excluding hydrogens is 324 g/mol. The maximum atomic E-state index is 11.2. The minimum absolute atomic E-state index is 0.216. The van der Waals surface area contributed by atoms with Crippen molar-refractivity contribution in [2.24, 2.45) is 16.6 Å². The van der Waals surface area contributed by atoms with Crippen molar-refractivity contribution in [2.75, 3.05) is 26.2 Å². The van der Waals surface area contributed by atoms with E-state index in [-0.39, 0.29) is 5.91 Å². The molecule has 0 aliphatic carbocycles. The third kappa shape index (κ3) is 6.04. The van der Waals surface area contributed by atoms with Gasteiger partial charge in [-0.3, -0.25) is 9.79 Å². The van der Waals surface area contributed by atoms with Gasteiger partial charge in [0.25, 0.3) is 0 Å². The molecule has 0 bridgehead atoms. The minimum Gasteiger partial charge on any atom is -0.370 e. The Balaban J connectivity index is 1.93. The number of nitrogens with zero attached hydrogens (tertiary/aromatic N) is 2. The molecule has 1 saturated heterocycles. The van der Waals surface area contributed by atoms with Gasteiger partial charge in [0.1, 0.15) is 0 Å². The summed E-state index contributed by atoms with van der Waals surface area (Å²) in [5.41, 5.74) is 6.57. The first-order chi connectivity index (χ1) is 11.6. The molecule has 0 radical (unpaired) electrons. The summed E-state index contributed by atoms with van der Waals surface area (Å²) in [4.78, 5) is 18.2. The molecule has 24 heavy (non-hydrogen) atoms. The number of benzene rings is 1. The van der Waals surface area contributed by atoms with E-state index in [1.54, 1.807) is 0 Å². The topological polar surface area (TPSA) is 70.7 Å². The van der Waals surface area contributed by atoms with Crippen LogP contribution in [0.5, 0.6) is 0 Å². The molecule has 1 aliphatic rings. The fraction of sp³-hybridized carbons (Fsp3) is 0.556. The fourth-order valence-electron chi connectivity index (χ4n) is 3.08. The average Bonchev–Trinajstić information content (AvgIpc) is 2.55. The summed E-state index contributed by atoms with van der Waals surface area (Å²) in [5.74, 6) is 1.04. The van der Waals surface area contributed by atoms with Crippen LogP contribution in [0.25, 0.3) is 0 Å². The number of amides is 1. The molecule has 1 aromatic rings. The van der Waals surface area contributed by atoms with Crippen molar-refractivity contribution in [1.82, 2.24) is 10.2 Å². The molecular formula is C18H27ClN4O. The first-order valence-corrected chi connectivity index (χ1v) is 9.02. The van der Waals surface area contributed by atoms with Gasteiger partial charge in [-0.1, -0.05) is 23.7 Å². The molecule has 1 aliphatic heterocycles. The predicted octanol–water partition coefficient (Wildman–Crippen LogP) is 2.44. The smallest absolute Gasteiger partial charge is 0.217 e. The highest BCUT2D eigenvalue weighted by molar-refractivity contribution is 6.30. The quantitative estimate of drug-likeness (QED) is 0.611. The van der Waals surface area contributed by atoms with Crippen LogP contribution in [0.3, 0.4) is 0 Å². The number of nitrogens with one attached hydrogen (secondary N) is 1. The highest BCUT2D eigenvalue weighted by atomic mass is 35.5. The summed E-state index contributed by atoms with van der Waals surface area (Å²) in [6.45, 7) is 5.44. The second-order valence-electron chi connectivity index (χ2n) is 6.24. The minimum atomic E-state index is -0.216. The molecule has 0 saturated carbocycles. The standard InChI is InChI=1S/C18H27ClN4O/c1-2-21-18(22-10-9-14-5-7-16(19)8-6-14)23-11-3-4-15(13-23)12-17(20)24/h5-8,15H,2-4,9-13H2,1H3,(H2,20,24)(H,21,22). The molecule has 1 aromatic carbocycles. The predicted molar refractivity (Wildman–Crippen MR) is 99.2 cm³/mol. The van der Waals surface area contributed by atoms with Gasteiger partial charge in [0.05, 0.1) is 0 Å². The van der Waals surface area contributed by atoms with Crippen LogP contribution in [0.1, 0.15) is 31.7 Å². The van der Waals surface area contributed by atoms with Crippen molar-refractivity contribution in [1.29, 1.82) is 0 Å². The number of aliphatic imine (C=N–C) groups is 1. The van der Waals surface area contributed by atoms with Gasteiger partial charge in [-0.25, -0.2) is 0 Å². The van der Waals surface area contributed by atoms with Crippen LogP contribution < -0.4 is 11.1 Å². The van der Waals surface area contributed by atoms with Gasteiger partial charge in [-0.15, -0.1) is 0 Å². The summed E-state index contributed by atoms with van der Waals surface area (Å²) >= 11 is 5.91. The van der Waals surface area contributed by atoms with E-state index < -0.39 is 0 Å². The number of halogens is 1. The number of carbonyl (C=O) groups is 1. The van der Waals surface area contributed by atoms with E-state index in [0.29, 0.717) is 12.3 Å². The van der Waals surface area contributed by atoms with Crippen LogP contribution >= 0.6 is 11.6 Å². The van der Waals surface area contributed by atoms with E-state index >= 15 is 0 Å². The van der Waals surface area contributed by atoms with Crippen LogP contribution in [-0.2, 0) is 11.2 Å². The lowest BCUT2D eigenvalue weighted by Gasteiger charge is -2.34. The number of rotatable bonds is 6. The van der Waals surface area contributed by atoms with Crippen LogP contribution in [0, 0.1) is 5.92 Å². The molecule has 1 unspecified atom stereocenters. The molecule has 0 aromatic heterocycles. The maximum Gasteiger partial charge on any atom is 0.217 e. The number of carbonyl (C=O) groups excluding carboxylic acids is 1. The first kappa shape index (κ1) is 18.6. The zero-order valence-electron chi connectivity index (χ0n) is 14.3. The van der Waals surface area contributed by atoms with Crippen LogP contribution in [0.2, 0.25) is 5.02 Å². The number of nitrogens with two attached hydrogens (primary N) is 1. The molecule has 5 nitrogen and oxygen atoms in total. The Morgan fingerprint density at radius 2 is 2.17 bits per heavy atom. The summed E-state index contributed by atoms with van der Waals surface area (Å²) < 4.78 is 0. The monoisotopic (exact) mass is 350 g/mol. The summed E-state index contributed by atoms with van der Waals surface area (Å²) in [5, 5.41) is 4.11. The van der Waals surface area contributed by atoms with Crippen molar-refractivity contribution < 1.29 is 4.79 Å². The Bertz CT molecular complexity index is 559. The Labute approximate surface area is 149 Å². The van der Waals surface area contributed by atoms with Gasteiger partial charge in [0.2, 0.25) is 5.91 Å². The van der Waals surface area contributed by atoms with Crippen molar-refractivity contribution in [3.05, 3.63) is 34.9 Å². The van der Waals surface area contributed by atoms with Crippen LogP contribution in [0.4, 0.5) is 0 Å². The molecule has 6 heteroatoms. The highest BCUT2D eigenvalue weighted by Crippen LogP contribution is 2.19. The Hall–Kier alpha value is -1.75. The van der Waals surface area contributed by atoms with Crippen molar-refractivity contribution in [3.63, 3.8) is 0 Å². The summed E-state index contributed by atoms with van der Waals surface area (Å²) in [6.07, 6.45) is 3.47. The van der Waals surface area contributed by atoms with Gasteiger partial charge in [0, 0.05) is 37.6 Å². The second kappa shape index (κ2) is 9.52. The first-order valence-electron chi connectivity index (χ1n) is 8.64. The summed E-state index contributed by atoms with van der Waals surface area (Å²) in [7, 11) is 0. The number of hydrogen-bond acceptors (Lipinski definition) is 2. The Morgan fingerprint density at radius 1 is 1.42 bits per heavy atom. The van der Waals surface area contributed by atoms with E-state index in [1.165, 1.54) is 5.56 Å². The molecule has 0 spiro atoms. The van der Waals surface area contributed by atoms with Gasteiger partial charge in [-0.05, 0) is 49.8 Å². The van der Waals surface area contributed by atoms with E-state index in [0.717, 1.165) is 56.4 Å². The maximum absolute atomic E-state index is 11.2. The van der Waals surface area contributed by atoms with Crippen molar-refractivity contribution in [2.45, 2.75) is 32.6 Å². The van der Waals surface area contributed by atoms with Crippen molar-refractivity contribution >= 4 is 23.5 Å². The number of guanidine groups is 1. The lowest BCUT2D eigenvalue weighted by molar-refractivity contribution is -0.119. The SMILES string of the molecule is CCNC(=NCCc1ccc(Cl)cc1)N1CCCC(CC(N)=O)C1. The molecule has 3 N–H and O–H groups in total. The third-order valence-electron chi connectivity index (χ3n) is 4.22. The third-order valence-corrected chi connectivity index (χ3v) is 4.47. The number of piperidine rings is 1. The molecule has 1 heterocycles. The van der Waals surface area contributed by atoms with Crippen LogP contribution in [0.15, 0.2) is 29.3 Å². The van der Waals surface area contributed by atoms with Gasteiger partial charge in [0.15, 0.2) is 5.96 Å².